The molecule has 2 aliphatic carbocycles. The van der Waals surface area contributed by atoms with Crippen molar-refractivity contribution in [3.63, 3.8) is 0 Å². The fourth-order valence-electron chi connectivity index (χ4n) is 4.69. The number of carbonyl (C=O) groups excluding carboxylic acids is 2. The van der Waals surface area contributed by atoms with Crippen molar-refractivity contribution in [2.45, 2.75) is 19.3 Å². The summed E-state index contributed by atoms with van der Waals surface area (Å²) in [6.45, 7) is 0.191. The predicted molar refractivity (Wildman–Crippen MR) is 72.9 cm³/mol. The monoisotopic (exact) mass is 285 g/mol. The Balaban J connectivity index is 1.55. The van der Waals surface area contributed by atoms with Crippen LogP contribution in [0.3, 0.4) is 0 Å². The van der Waals surface area contributed by atoms with Crippen LogP contribution in [0, 0.1) is 23.7 Å². The van der Waals surface area contributed by atoms with Crippen LogP contribution < -0.4 is 14.4 Å². The topological polar surface area (TPSA) is 55.8 Å². The van der Waals surface area contributed by atoms with Gasteiger partial charge in [0.25, 0.3) is 0 Å². The number of nitrogens with zero attached hydrogens (tertiary/aromatic N) is 1. The Hall–Kier alpha value is -2.04. The minimum absolute atomic E-state index is 0.0175. The first-order valence-electron chi connectivity index (χ1n) is 7.51. The zero-order valence-corrected chi connectivity index (χ0v) is 11.5. The number of rotatable bonds is 1. The summed E-state index contributed by atoms with van der Waals surface area (Å²) in [5.41, 5.74) is 0.614. The molecule has 2 saturated carbocycles. The van der Waals surface area contributed by atoms with E-state index >= 15 is 0 Å². The molecule has 2 heterocycles. The quantitative estimate of drug-likeness (QED) is 0.740. The minimum Gasteiger partial charge on any atom is -0.454 e. The number of carbonyl (C=O) groups is 2. The van der Waals surface area contributed by atoms with E-state index in [1.165, 1.54) is 4.90 Å². The van der Waals surface area contributed by atoms with Gasteiger partial charge in [0.05, 0.1) is 17.5 Å². The molecule has 2 aliphatic heterocycles. The van der Waals surface area contributed by atoms with E-state index in [4.69, 9.17) is 9.47 Å². The average molecular weight is 285 g/mol. The molecule has 5 nitrogen and oxygen atoms in total. The SMILES string of the molecule is O=C1C2C3CCC(C3)C2C(=O)N1c1ccc2c(c1)OCO2. The third-order valence-corrected chi connectivity index (χ3v) is 5.54. The van der Waals surface area contributed by atoms with Crippen molar-refractivity contribution < 1.29 is 19.1 Å². The maximum absolute atomic E-state index is 12.7. The van der Waals surface area contributed by atoms with Crippen molar-refractivity contribution >= 4 is 17.5 Å². The standard InChI is InChI=1S/C16H15NO4/c18-15-13-8-1-2-9(5-8)14(13)16(19)17(15)10-3-4-11-12(6-10)21-7-20-11/h3-4,6,8-9,13-14H,1-2,5,7H2. The lowest BCUT2D eigenvalue weighted by Gasteiger charge is -2.19. The molecule has 1 aromatic rings. The van der Waals surface area contributed by atoms with Crippen LogP contribution in [0.1, 0.15) is 19.3 Å². The van der Waals surface area contributed by atoms with Crippen molar-refractivity contribution in [2.75, 3.05) is 11.7 Å². The van der Waals surface area contributed by atoms with Gasteiger partial charge in [0.15, 0.2) is 11.5 Å². The zero-order chi connectivity index (χ0) is 14.1. The van der Waals surface area contributed by atoms with Gasteiger partial charge in [0, 0.05) is 6.07 Å². The van der Waals surface area contributed by atoms with Gasteiger partial charge in [-0.25, -0.2) is 4.90 Å². The minimum atomic E-state index is -0.0818. The van der Waals surface area contributed by atoms with Gasteiger partial charge < -0.3 is 9.47 Å². The second-order valence-electron chi connectivity index (χ2n) is 6.43. The van der Waals surface area contributed by atoms with Gasteiger partial charge in [0.1, 0.15) is 0 Å². The molecular weight excluding hydrogens is 270 g/mol. The molecule has 1 aromatic carbocycles. The third kappa shape index (κ3) is 1.36. The molecule has 2 amide bonds. The lowest BCUT2D eigenvalue weighted by atomic mass is 9.81. The number of benzene rings is 1. The highest BCUT2D eigenvalue weighted by molar-refractivity contribution is 6.22. The molecule has 2 bridgehead atoms. The van der Waals surface area contributed by atoms with Crippen molar-refractivity contribution in [1.82, 2.24) is 0 Å². The van der Waals surface area contributed by atoms with Gasteiger partial charge in [-0.3, -0.25) is 9.59 Å². The second kappa shape index (κ2) is 3.78. The molecule has 4 aliphatic rings. The third-order valence-electron chi connectivity index (χ3n) is 5.54. The molecule has 0 spiro atoms. The number of amides is 2. The van der Waals surface area contributed by atoms with Gasteiger partial charge in [-0.05, 0) is 43.2 Å². The number of ether oxygens (including phenoxy) is 2. The Labute approximate surface area is 121 Å². The smallest absolute Gasteiger partial charge is 0.237 e. The van der Waals surface area contributed by atoms with Crippen LogP contribution in [-0.4, -0.2) is 18.6 Å². The Kier molecular flexibility index (Phi) is 2.09. The molecule has 0 N–H and O–H groups in total. The molecule has 5 rings (SSSR count). The van der Waals surface area contributed by atoms with Gasteiger partial charge in [-0.1, -0.05) is 0 Å². The zero-order valence-electron chi connectivity index (χ0n) is 11.5. The summed E-state index contributed by atoms with van der Waals surface area (Å²) in [6.07, 6.45) is 3.25. The predicted octanol–water partition coefficient (Wildman–Crippen LogP) is 1.95. The molecule has 1 saturated heterocycles. The maximum Gasteiger partial charge on any atom is 0.237 e. The number of anilines is 1. The van der Waals surface area contributed by atoms with Gasteiger partial charge in [-0.15, -0.1) is 0 Å². The number of hydrogen-bond acceptors (Lipinski definition) is 4. The Bertz CT molecular complexity index is 642. The fraction of sp³-hybridized carbons (Fsp3) is 0.500. The molecule has 4 atom stereocenters. The molecule has 21 heavy (non-hydrogen) atoms. The van der Waals surface area contributed by atoms with Crippen molar-refractivity contribution in [3.05, 3.63) is 18.2 Å². The Morgan fingerprint density at radius 2 is 1.62 bits per heavy atom. The Morgan fingerprint density at radius 3 is 2.33 bits per heavy atom. The maximum atomic E-state index is 12.7. The van der Waals surface area contributed by atoms with Gasteiger partial charge in [0.2, 0.25) is 18.6 Å². The summed E-state index contributed by atoms with van der Waals surface area (Å²) in [6, 6.07) is 5.27. The van der Waals surface area contributed by atoms with E-state index in [0.717, 1.165) is 19.3 Å². The van der Waals surface area contributed by atoms with Crippen LogP contribution >= 0.6 is 0 Å². The van der Waals surface area contributed by atoms with E-state index in [9.17, 15) is 9.59 Å². The highest BCUT2D eigenvalue weighted by Gasteiger charge is 2.61. The van der Waals surface area contributed by atoms with Gasteiger partial charge >= 0.3 is 0 Å². The van der Waals surface area contributed by atoms with Crippen molar-refractivity contribution in [2.24, 2.45) is 23.7 Å². The first-order chi connectivity index (χ1) is 10.2. The van der Waals surface area contributed by atoms with Crippen LogP contribution in [0.5, 0.6) is 11.5 Å². The number of imide groups is 1. The second-order valence-corrected chi connectivity index (χ2v) is 6.43. The summed E-state index contributed by atoms with van der Waals surface area (Å²) < 4.78 is 10.6. The lowest BCUT2D eigenvalue weighted by molar-refractivity contribution is -0.123. The molecule has 5 heteroatoms. The first kappa shape index (κ1) is 11.6. The summed E-state index contributed by atoms with van der Waals surface area (Å²) in [7, 11) is 0. The van der Waals surface area contributed by atoms with E-state index in [0.29, 0.717) is 29.0 Å². The molecule has 0 radical (unpaired) electrons. The largest absolute Gasteiger partial charge is 0.454 e. The Morgan fingerprint density at radius 1 is 0.952 bits per heavy atom. The van der Waals surface area contributed by atoms with E-state index < -0.39 is 0 Å². The summed E-state index contributed by atoms with van der Waals surface area (Å²) in [5.74, 6) is 1.90. The van der Waals surface area contributed by atoms with E-state index in [1.54, 1.807) is 18.2 Å². The van der Waals surface area contributed by atoms with E-state index in [2.05, 4.69) is 0 Å². The van der Waals surface area contributed by atoms with Crippen LogP contribution in [0.2, 0.25) is 0 Å². The van der Waals surface area contributed by atoms with Crippen molar-refractivity contribution in [1.29, 1.82) is 0 Å². The van der Waals surface area contributed by atoms with Crippen LogP contribution in [0.4, 0.5) is 5.69 Å². The molecular formula is C16H15NO4. The van der Waals surface area contributed by atoms with Crippen LogP contribution in [0.25, 0.3) is 0 Å². The molecule has 4 unspecified atom stereocenters. The molecule has 108 valence electrons. The highest BCUT2D eigenvalue weighted by Crippen LogP contribution is 2.56. The highest BCUT2D eigenvalue weighted by atomic mass is 16.7. The van der Waals surface area contributed by atoms with E-state index in [-0.39, 0.29) is 30.4 Å². The molecule has 3 fully saturated rings. The lowest BCUT2D eigenvalue weighted by Crippen LogP contribution is -2.32. The fourth-order valence-corrected chi connectivity index (χ4v) is 4.69. The average Bonchev–Trinajstić information content (AvgIpc) is 3.22. The van der Waals surface area contributed by atoms with E-state index in [1.807, 2.05) is 0 Å². The van der Waals surface area contributed by atoms with Gasteiger partial charge in [-0.2, -0.15) is 0 Å². The number of fused-ring (bicyclic) bond motifs is 6. The van der Waals surface area contributed by atoms with Crippen LogP contribution in [-0.2, 0) is 9.59 Å². The normalized spacial score (nSPS) is 35.7. The summed E-state index contributed by atoms with van der Waals surface area (Å²) >= 11 is 0. The van der Waals surface area contributed by atoms with Crippen LogP contribution in [0.15, 0.2) is 18.2 Å². The molecule has 0 aromatic heterocycles. The summed E-state index contributed by atoms with van der Waals surface area (Å²) in [5, 5.41) is 0. The number of hydrogen-bond donors (Lipinski definition) is 0. The first-order valence-corrected chi connectivity index (χ1v) is 7.51. The summed E-state index contributed by atoms with van der Waals surface area (Å²) in [4.78, 5) is 26.8. The van der Waals surface area contributed by atoms with Crippen molar-refractivity contribution in [3.8, 4) is 11.5 Å².